The molecule has 0 atom stereocenters. The molecule has 0 aromatic heterocycles. The fourth-order valence-electron chi connectivity index (χ4n) is 1.39. The number of hydrogen-bond acceptors (Lipinski definition) is 3. The molecular formula is C11H17NO3S. The predicted molar refractivity (Wildman–Crippen MR) is 65.0 cm³/mol. The molecule has 0 radical (unpaired) electrons. The van der Waals surface area contributed by atoms with Crippen LogP contribution in [0.5, 0.6) is 0 Å². The van der Waals surface area contributed by atoms with Crippen LogP contribution < -0.4 is 4.31 Å². The highest BCUT2D eigenvalue weighted by Crippen LogP contribution is 2.17. The second-order valence-electron chi connectivity index (χ2n) is 3.39. The number of anilines is 1. The molecule has 0 heterocycles. The summed E-state index contributed by atoms with van der Waals surface area (Å²) in [5.41, 5.74) is 0.651. The molecule has 0 aliphatic carbocycles. The van der Waals surface area contributed by atoms with Crippen molar-refractivity contribution in [3.05, 3.63) is 30.3 Å². The van der Waals surface area contributed by atoms with Crippen molar-refractivity contribution in [1.29, 1.82) is 0 Å². The monoisotopic (exact) mass is 243 g/mol. The van der Waals surface area contributed by atoms with Crippen LogP contribution >= 0.6 is 0 Å². The predicted octanol–water partition coefficient (Wildman–Crippen LogP) is 1.23. The Hall–Kier alpha value is -1.07. The minimum atomic E-state index is -3.26. The highest BCUT2D eigenvalue weighted by atomic mass is 32.2. The van der Waals surface area contributed by atoms with Gasteiger partial charge >= 0.3 is 0 Å². The number of aliphatic hydroxyl groups is 1. The van der Waals surface area contributed by atoms with Gasteiger partial charge in [0.1, 0.15) is 0 Å². The van der Waals surface area contributed by atoms with Crippen LogP contribution in [0.2, 0.25) is 0 Å². The van der Waals surface area contributed by atoms with E-state index in [2.05, 4.69) is 0 Å². The molecule has 0 saturated heterocycles. The molecule has 0 saturated carbocycles. The second kappa shape index (κ2) is 5.86. The molecule has 90 valence electrons. The first-order chi connectivity index (χ1) is 7.61. The normalized spacial score (nSPS) is 11.4. The van der Waals surface area contributed by atoms with E-state index < -0.39 is 10.0 Å². The average Bonchev–Trinajstić information content (AvgIpc) is 2.31. The quantitative estimate of drug-likeness (QED) is 0.817. The topological polar surface area (TPSA) is 57.6 Å². The zero-order valence-electron chi connectivity index (χ0n) is 9.33. The minimum absolute atomic E-state index is 0.0113. The summed E-state index contributed by atoms with van der Waals surface area (Å²) in [4.78, 5) is 0. The van der Waals surface area contributed by atoms with E-state index in [9.17, 15) is 8.42 Å². The number of aliphatic hydroxyl groups excluding tert-OH is 1. The van der Waals surface area contributed by atoms with Crippen molar-refractivity contribution >= 4 is 15.7 Å². The van der Waals surface area contributed by atoms with Crippen molar-refractivity contribution in [2.24, 2.45) is 0 Å². The van der Waals surface area contributed by atoms with Gasteiger partial charge < -0.3 is 5.11 Å². The van der Waals surface area contributed by atoms with Crippen molar-refractivity contribution in [1.82, 2.24) is 0 Å². The van der Waals surface area contributed by atoms with Gasteiger partial charge in [0.15, 0.2) is 0 Å². The average molecular weight is 243 g/mol. The Labute approximate surface area is 96.6 Å². The number of benzene rings is 1. The van der Waals surface area contributed by atoms with Gasteiger partial charge in [0.25, 0.3) is 0 Å². The highest BCUT2D eigenvalue weighted by molar-refractivity contribution is 7.92. The lowest BCUT2D eigenvalue weighted by atomic mass is 10.3. The van der Waals surface area contributed by atoms with E-state index in [1.165, 1.54) is 4.31 Å². The van der Waals surface area contributed by atoms with Crippen LogP contribution in [0.4, 0.5) is 5.69 Å². The molecule has 1 N–H and O–H groups in total. The Bertz CT molecular complexity index is 402. The fraction of sp³-hybridized carbons (Fsp3) is 0.455. The molecule has 1 rings (SSSR count). The minimum Gasteiger partial charge on any atom is -0.396 e. The van der Waals surface area contributed by atoms with Crippen LogP contribution in [0.25, 0.3) is 0 Å². The standard InChI is InChI=1S/C11H17NO3S/c1-2-16(14,15)12(9-6-10-13)11-7-4-3-5-8-11/h3-5,7-8,13H,2,6,9-10H2,1H3. The third-order valence-electron chi connectivity index (χ3n) is 2.26. The summed E-state index contributed by atoms with van der Waals surface area (Å²) in [6, 6.07) is 8.94. The molecule has 4 nitrogen and oxygen atoms in total. The van der Waals surface area contributed by atoms with Crippen LogP contribution in [0.15, 0.2) is 30.3 Å². The van der Waals surface area contributed by atoms with Gasteiger partial charge in [-0.15, -0.1) is 0 Å². The number of sulfonamides is 1. The largest absolute Gasteiger partial charge is 0.396 e. The number of rotatable bonds is 6. The Morgan fingerprint density at radius 1 is 1.25 bits per heavy atom. The smallest absolute Gasteiger partial charge is 0.234 e. The third kappa shape index (κ3) is 3.21. The van der Waals surface area contributed by atoms with E-state index >= 15 is 0 Å². The molecule has 0 spiro atoms. The summed E-state index contributed by atoms with van der Waals surface area (Å²) in [7, 11) is -3.26. The van der Waals surface area contributed by atoms with Crippen LogP contribution in [-0.2, 0) is 10.0 Å². The Balaban J connectivity index is 2.97. The van der Waals surface area contributed by atoms with Crippen molar-refractivity contribution in [2.45, 2.75) is 13.3 Å². The molecule has 1 aromatic carbocycles. The van der Waals surface area contributed by atoms with Crippen molar-refractivity contribution < 1.29 is 13.5 Å². The maximum atomic E-state index is 11.9. The molecular weight excluding hydrogens is 226 g/mol. The summed E-state index contributed by atoms with van der Waals surface area (Å²) < 4.78 is 25.1. The van der Waals surface area contributed by atoms with Gasteiger partial charge in [-0.1, -0.05) is 18.2 Å². The van der Waals surface area contributed by atoms with E-state index in [-0.39, 0.29) is 12.4 Å². The first-order valence-corrected chi connectivity index (χ1v) is 6.89. The van der Waals surface area contributed by atoms with Crippen molar-refractivity contribution in [2.75, 3.05) is 23.2 Å². The van der Waals surface area contributed by atoms with E-state index in [1.54, 1.807) is 31.2 Å². The van der Waals surface area contributed by atoms with Gasteiger partial charge in [-0.2, -0.15) is 0 Å². The molecule has 0 fully saturated rings. The van der Waals surface area contributed by atoms with Crippen LogP contribution in [-0.4, -0.2) is 32.4 Å². The van der Waals surface area contributed by atoms with Crippen LogP contribution in [0.3, 0.4) is 0 Å². The Morgan fingerprint density at radius 2 is 1.88 bits per heavy atom. The summed E-state index contributed by atoms with van der Waals surface area (Å²) in [5.74, 6) is 0.0628. The fourth-order valence-corrected chi connectivity index (χ4v) is 2.56. The van der Waals surface area contributed by atoms with Gasteiger partial charge in [0, 0.05) is 13.2 Å². The van der Waals surface area contributed by atoms with E-state index in [0.717, 1.165) is 0 Å². The molecule has 1 aromatic rings. The Morgan fingerprint density at radius 3 is 2.38 bits per heavy atom. The first kappa shape index (κ1) is 13.0. The molecule has 0 amide bonds. The lowest BCUT2D eigenvalue weighted by Gasteiger charge is -2.23. The summed E-state index contributed by atoms with van der Waals surface area (Å²) in [6.45, 7) is 1.92. The number of nitrogens with zero attached hydrogens (tertiary/aromatic N) is 1. The highest BCUT2D eigenvalue weighted by Gasteiger charge is 2.19. The zero-order chi connectivity index (χ0) is 12.0. The van der Waals surface area contributed by atoms with Crippen LogP contribution in [0, 0.1) is 0 Å². The summed E-state index contributed by atoms with van der Waals surface area (Å²) in [5, 5.41) is 8.78. The molecule has 0 bridgehead atoms. The Kier molecular flexibility index (Phi) is 4.76. The molecule has 5 heteroatoms. The van der Waals surface area contributed by atoms with E-state index in [1.807, 2.05) is 6.07 Å². The number of hydrogen-bond donors (Lipinski definition) is 1. The van der Waals surface area contributed by atoms with Gasteiger partial charge in [0.05, 0.1) is 11.4 Å². The third-order valence-corrected chi connectivity index (χ3v) is 4.06. The zero-order valence-corrected chi connectivity index (χ0v) is 10.2. The second-order valence-corrected chi connectivity index (χ2v) is 5.57. The maximum Gasteiger partial charge on any atom is 0.234 e. The van der Waals surface area contributed by atoms with Crippen molar-refractivity contribution in [3.63, 3.8) is 0 Å². The lowest BCUT2D eigenvalue weighted by molar-refractivity contribution is 0.291. The van der Waals surface area contributed by atoms with E-state index in [4.69, 9.17) is 5.11 Å². The lowest BCUT2D eigenvalue weighted by Crippen LogP contribution is -2.33. The van der Waals surface area contributed by atoms with Gasteiger partial charge in [-0.25, -0.2) is 8.42 Å². The maximum absolute atomic E-state index is 11.9. The summed E-state index contributed by atoms with van der Waals surface area (Å²) in [6.07, 6.45) is 0.439. The first-order valence-electron chi connectivity index (χ1n) is 5.28. The van der Waals surface area contributed by atoms with Gasteiger partial charge in [0.2, 0.25) is 10.0 Å². The van der Waals surface area contributed by atoms with Gasteiger partial charge in [-0.3, -0.25) is 4.31 Å². The van der Waals surface area contributed by atoms with Crippen LogP contribution in [0.1, 0.15) is 13.3 Å². The van der Waals surface area contributed by atoms with E-state index in [0.29, 0.717) is 18.7 Å². The molecule has 0 aliphatic heterocycles. The van der Waals surface area contributed by atoms with Gasteiger partial charge in [-0.05, 0) is 25.5 Å². The number of para-hydroxylation sites is 1. The summed E-state index contributed by atoms with van der Waals surface area (Å²) >= 11 is 0. The molecule has 0 unspecified atom stereocenters. The molecule has 0 aliphatic rings. The SMILES string of the molecule is CCS(=O)(=O)N(CCCO)c1ccccc1. The molecule has 16 heavy (non-hydrogen) atoms. The van der Waals surface area contributed by atoms with Crippen molar-refractivity contribution in [3.8, 4) is 0 Å².